The minimum atomic E-state index is -4.88. The Morgan fingerprint density at radius 2 is 1.77 bits per heavy atom. The van der Waals surface area contributed by atoms with E-state index in [-0.39, 0.29) is 18.5 Å². The van der Waals surface area contributed by atoms with Crippen LogP contribution < -0.4 is 5.73 Å². The van der Waals surface area contributed by atoms with Crippen molar-refractivity contribution in [3.8, 4) is 5.75 Å². The molecular formula is C28H33F3N2O7. The van der Waals surface area contributed by atoms with Crippen molar-refractivity contribution in [3.05, 3.63) is 45.2 Å². The number of fused-ring (bicyclic) bond motifs is 3. The lowest BCUT2D eigenvalue weighted by Crippen LogP contribution is -2.58. The average Bonchev–Trinajstić information content (AvgIpc) is 2.83. The highest BCUT2D eigenvalue weighted by atomic mass is 19.4. The van der Waals surface area contributed by atoms with Crippen LogP contribution in [0.25, 0.3) is 5.76 Å². The third kappa shape index (κ3) is 4.28. The number of alkyl halides is 3. The lowest BCUT2D eigenvalue weighted by atomic mass is 9.59. The van der Waals surface area contributed by atoms with Gasteiger partial charge in [0.25, 0.3) is 5.91 Å². The van der Waals surface area contributed by atoms with E-state index >= 15 is 0 Å². The SMILES string of the molecule is CCN(Cc1cc(O)c2c(c1C(F)(F)F)CC1C[C@H]3CC(=O)C(C(N)=O)=C(O)[C@@]3(O)C(=O)C1=C2O)C(C)(C)CC. The number of carbonyl (C=O) groups is 3. The maximum Gasteiger partial charge on any atom is 0.417 e. The minimum Gasteiger partial charge on any atom is -0.508 e. The number of halogens is 3. The largest absolute Gasteiger partial charge is 0.508 e. The number of nitrogens with zero attached hydrogens (tertiary/aromatic N) is 1. The molecule has 1 unspecified atom stereocenters. The molecule has 1 aromatic rings. The summed E-state index contributed by atoms with van der Waals surface area (Å²) in [6.07, 6.45) is -5.46. The van der Waals surface area contributed by atoms with E-state index in [2.05, 4.69) is 0 Å². The fraction of sp³-hybridized carbons (Fsp3) is 0.536. The molecule has 12 heteroatoms. The molecule has 0 radical (unpaired) electrons. The van der Waals surface area contributed by atoms with Gasteiger partial charge < -0.3 is 26.2 Å². The molecule has 9 nitrogen and oxygen atoms in total. The highest BCUT2D eigenvalue weighted by Crippen LogP contribution is 2.54. The molecule has 6 N–H and O–H groups in total. The summed E-state index contributed by atoms with van der Waals surface area (Å²) in [6.45, 7) is 7.82. The van der Waals surface area contributed by atoms with E-state index < -0.39 is 105 Å². The van der Waals surface area contributed by atoms with Gasteiger partial charge in [0.15, 0.2) is 11.4 Å². The van der Waals surface area contributed by atoms with Gasteiger partial charge in [0.2, 0.25) is 5.78 Å². The van der Waals surface area contributed by atoms with Crippen molar-refractivity contribution < 1.29 is 48.0 Å². The summed E-state index contributed by atoms with van der Waals surface area (Å²) in [5, 5.41) is 44.0. The van der Waals surface area contributed by atoms with Crippen LogP contribution in [-0.4, -0.2) is 60.5 Å². The number of aromatic hydroxyl groups is 1. The van der Waals surface area contributed by atoms with E-state index in [1.807, 2.05) is 32.6 Å². The highest BCUT2D eigenvalue weighted by Gasteiger charge is 2.60. The first-order valence-corrected chi connectivity index (χ1v) is 13.1. The topological polar surface area (TPSA) is 161 Å². The Morgan fingerprint density at radius 1 is 1.15 bits per heavy atom. The molecule has 0 bridgehead atoms. The second-order valence-electron chi connectivity index (χ2n) is 11.4. The smallest absolute Gasteiger partial charge is 0.417 e. The number of aliphatic hydroxyl groups excluding tert-OH is 2. The standard InChI is InChI=1S/C28H33F3N2O7/c1-5-26(3,4)33(6-2)11-13-9-16(34)19-15(21(13)28(29,30)31)8-12-7-14-10-17(35)20(25(32)39)24(38)27(14,40)23(37)18(12)22(19)36/h9,12,14,34,36,38,40H,5-8,10-11H2,1-4H3,(H2,32,39)/t12?,14-,27-/m0/s1. The molecule has 1 saturated carbocycles. The van der Waals surface area contributed by atoms with Gasteiger partial charge in [-0.05, 0) is 62.8 Å². The van der Waals surface area contributed by atoms with Crippen molar-refractivity contribution in [1.29, 1.82) is 0 Å². The molecule has 218 valence electrons. The number of ketones is 2. The number of benzene rings is 1. The van der Waals surface area contributed by atoms with Crippen molar-refractivity contribution in [2.75, 3.05) is 6.54 Å². The van der Waals surface area contributed by atoms with E-state index in [1.54, 1.807) is 0 Å². The van der Waals surface area contributed by atoms with E-state index in [0.29, 0.717) is 13.0 Å². The first-order valence-electron chi connectivity index (χ1n) is 13.1. The fourth-order valence-corrected chi connectivity index (χ4v) is 6.42. The van der Waals surface area contributed by atoms with Gasteiger partial charge in [0, 0.05) is 30.0 Å². The number of Topliss-reactive ketones (excluding diaryl/α,β-unsaturated/α-hetero) is 2. The van der Waals surface area contributed by atoms with E-state index in [1.165, 1.54) is 0 Å². The molecule has 1 amide bonds. The number of hydrogen-bond acceptors (Lipinski definition) is 8. The van der Waals surface area contributed by atoms with Crippen molar-refractivity contribution in [2.24, 2.45) is 17.6 Å². The predicted octanol–water partition coefficient (Wildman–Crippen LogP) is 3.45. The van der Waals surface area contributed by atoms with Crippen LogP contribution in [0.2, 0.25) is 0 Å². The number of nitrogens with two attached hydrogens (primary N) is 1. The molecule has 3 aliphatic carbocycles. The van der Waals surface area contributed by atoms with E-state index in [9.17, 15) is 48.0 Å². The Hall–Kier alpha value is -3.38. The van der Waals surface area contributed by atoms with Gasteiger partial charge in [0.1, 0.15) is 22.8 Å². The molecule has 3 aliphatic rings. The van der Waals surface area contributed by atoms with Crippen LogP contribution in [-0.2, 0) is 33.5 Å². The van der Waals surface area contributed by atoms with Crippen LogP contribution >= 0.6 is 0 Å². The Labute approximate surface area is 228 Å². The van der Waals surface area contributed by atoms with Crippen molar-refractivity contribution in [2.45, 2.75) is 77.2 Å². The summed E-state index contributed by atoms with van der Waals surface area (Å²) >= 11 is 0. The summed E-state index contributed by atoms with van der Waals surface area (Å²) in [5.74, 6) is -8.74. The normalized spacial score (nSPS) is 25.2. The maximum absolute atomic E-state index is 14.6. The summed E-state index contributed by atoms with van der Waals surface area (Å²) in [5.41, 5.74) is -1.70. The lowest BCUT2D eigenvalue weighted by Gasteiger charge is -2.46. The average molecular weight is 567 g/mol. The Morgan fingerprint density at radius 3 is 2.30 bits per heavy atom. The van der Waals surface area contributed by atoms with Crippen LogP contribution in [0.1, 0.15) is 69.2 Å². The molecule has 1 fully saturated rings. The fourth-order valence-electron chi connectivity index (χ4n) is 6.42. The van der Waals surface area contributed by atoms with Gasteiger partial charge in [-0.3, -0.25) is 19.3 Å². The molecule has 4 rings (SSSR count). The van der Waals surface area contributed by atoms with Crippen LogP contribution in [0.3, 0.4) is 0 Å². The molecule has 0 aromatic heterocycles. The quantitative estimate of drug-likeness (QED) is 0.327. The molecule has 40 heavy (non-hydrogen) atoms. The highest BCUT2D eigenvalue weighted by molar-refractivity contribution is 6.22. The van der Waals surface area contributed by atoms with Crippen LogP contribution in [0.5, 0.6) is 5.75 Å². The zero-order valence-electron chi connectivity index (χ0n) is 22.6. The molecule has 0 spiro atoms. The first kappa shape index (κ1) is 29.6. The van der Waals surface area contributed by atoms with Crippen molar-refractivity contribution >= 4 is 23.2 Å². The predicted molar refractivity (Wildman–Crippen MR) is 137 cm³/mol. The summed E-state index contributed by atoms with van der Waals surface area (Å²) in [4.78, 5) is 39.7. The van der Waals surface area contributed by atoms with E-state index in [0.717, 1.165) is 6.07 Å². The molecule has 3 atom stereocenters. The maximum atomic E-state index is 14.6. The Balaban J connectivity index is 1.93. The minimum absolute atomic E-state index is 0.139. The van der Waals surface area contributed by atoms with E-state index in [4.69, 9.17) is 5.73 Å². The van der Waals surface area contributed by atoms with Crippen LogP contribution in [0.4, 0.5) is 13.2 Å². The number of phenolic OH excluding ortho intramolecular Hbond substituents is 1. The number of phenols is 1. The monoisotopic (exact) mass is 566 g/mol. The van der Waals surface area contributed by atoms with Gasteiger partial charge in [-0.1, -0.05) is 13.8 Å². The van der Waals surface area contributed by atoms with Gasteiger partial charge in [-0.2, -0.15) is 13.2 Å². The Kier molecular flexibility index (Phi) is 7.12. The summed E-state index contributed by atoms with van der Waals surface area (Å²) in [7, 11) is 0. The summed E-state index contributed by atoms with van der Waals surface area (Å²) in [6, 6.07) is 0.930. The second kappa shape index (κ2) is 9.62. The zero-order chi connectivity index (χ0) is 30.1. The molecule has 0 heterocycles. The number of aliphatic hydroxyl groups is 3. The van der Waals surface area contributed by atoms with Gasteiger partial charge in [-0.15, -0.1) is 0 Å². The Bertz CT molecular complexity index is 1380. The van der Waals surface area contributed by atoms with Crippen LogP contribution in [0, 0.1) is 11.8 Å². The lowest BCUT2D eigenvalue weighted by molar-refractivity contribution is -0.147. The summed E-state index contributed by atoms with van der Waals surface area (Å²) < 4.78 is 43.9. The van der Waals surface area contributed by atoms with Gasteiger partial charge >= 0.3 is 6.18 Å². The van der Waals surface area contributed by atoms with Crippen molar-refractivity contribution in [3.63, 3.8) is 0 Å². The first-order chi connectivity index (χ1) is 18.4. The third-order valence-electron chi connectivity index (χ3n) is 8.90. The number of amides is 1. The zero-order valence-corrected chi connectivity index (χ0v) is 22.6. The van der Waals surface area contributed by atoms with Crippen molar-refractivity contribution in [1.82, 2.24) is 4.90 Å². The van der Waals surface area contributed by atoms with Gasteiger partial charge in [-0.25, -0.2) is 0 Å². The molecule has 0 saturated heterocycles. The molecular weight excluding hydrogens is 533 g/mol. The number of rotatable bonds is 6. The number of carbonyl (C=O) groups excluding carboxylic acids is 3. The number of primary amides is 1. The number of hydrogen-bond donors (Lipinski definition) is 5. The second-order valence-corrected chi connectivity index (χ2v) is 11.4. The molecule has 1 aromatic carbocycles. The molecule has 0 aliphatic heterocycles. The van der Waals surface area contributed by atoms with Gasteiger partial charge in [0.05, 0.1) is 11.1 Å². The van der Waals surface area contributed by atoms with Crippen LogP contribution in [0.15, 0.2) is 23.0 Å². The third-order valence-corrected chi connectivity index (χ3v) is 8.90.